The molecule has 0 radical (unpaired) electrons. The lowest BCUT2D eigenvalue weighted by Gasteiger charge is -2.28. The Morgan fingerprint density at radius 3 is 2.67 bits per heavy atom. The molecule has 3 nitrogen and oxygen atoms in total. The maximum absolute atomic E-state index is 6.63. The highest BCUT2D eigenvalue weighted by molar-refractivity contribution is 5.44. The minimum atomic E-state index is -0.654. The summed E-state index contributed by atoms with van der Waals surface area (Å²) in [4.78, 5) is 4.46. The predicted octanol–water partition coefficient (Wildman–Crippen LogP) is 3.19. The second-order valence-corrected chi connectivity index (χ2v) is 5.95. The highest BCUT2D eigenvalue weighted by Crippen LogP contribution is 2.33. The molecule has 3 heteroatoms. The molecule has 2 N–H and O–H groups in total. The van der Waals surface area contributed by atoms with Gasteiger partial charge in [-0.3, -0.25) is 4.98 Å². The number of methoxy groups -OCH3 is 1. The number of aromatic nitrogens is 1. The van der Waals surface area contributed by atoms with E-state index >= 15 is 0 Å². The summed E-state index contributed by atoms with van der Waals surface area (Å²) in [6.07, 6.45) is 6.66. The number of hydrogen-bond donors (Lipinski definition) is 1. The Labute approximate surface area is 126 Å². The predicted molar refractivity (Wildman–Crippen MR) is 84.5 cm³/mol. The number of pyridine rings is 1. The maximum atomic E-state index is 6.63. The van der Waals surface area contributed by atoms with Gasteiger partial charge in [-0.15, -0.1) is 0 Å². The number of benzene rings is 1. The third kappa shape index (κ3) is 2.54. The van der Waals surface area contributed by atoms with Crippen molar-refractivity contribution < 1.29 is 4.74 Å². The zero-order chi connectivity index (χ0) is 14.9. The monoisotopic (exact) mass is 282 g/mol. The molecule has 1 aliphatic rings. The van der Waals surface area contributed by atoms with Crippen molar-refractivity contribution in [1.29, 1.82) is 0 Å². The van der Waals surface area contributed by atoms with Crippen LogP contribution in [0.4, 0.5) is 0 Å². The second kappa shape index (κ2) is 5.49. The molecule has 1 heterocycles. The quantitative estimate of drug-likeness (QED) is 0.940. The highest BCUT2D eigenvalue weighted by Gasteiger charge is 2.29. The Morgan fingerprint density at radius 2 is 1.90 bits per heavy atom. The summed E-state index contributed by atoms with van der Waals surface area (Å²) in [6, 6.07) is 10.4. The Balaban J connectivity index is 2.05. The molecule has 1 aromatic carbocycles. The summed E-state index contributed by atoms with van der Waals surface area (Å²) in [7, 11) is 1.66. The average Bonchev–Trinajstić information content (AvgIpc) is 2.54. The molecular formula is C18H22N2O. The number of nitrogens with zero attached hydrogens (tertiary/aromatic N) is 1. The topological polar surface area (TPSA) is 48.1 Å². The summed E-state index contributed by atoms with van der Waals surface area (Å²) < 4.78 is 5.42. The van der Waals surface area contributed by atoms with Crippen LogP contribution >= 0.6 is 0 Å². The molecule has 2 aromatic rings. The molecule has 110 valence electrons. The molecular weight excluding hydrogens is 260 g/mol. The third-order valence-electron chi connectivity index (χ3n) is 4.43. The van der Waals surface area contributed by atoms with Gasteiger partial charge in [0.25, 0.3) is 0 Å². The smallest absolute Gasteiger partial charge is 0.142 e. The molecule has 1 unspecified atom stereocenters. The number of aryl methyl sites for hydroxylation is 2. The molecule has 0 saturated heterocycles. The van der Waals surface area contributed by atoms with E-state index in [0.29, 0.717) is 0 Å². The van der Waals surface area contributed by atoms with Gasteiger partial charge in [0.05, 0.1) is 12.6 Å². The molecule has 21 heavy (non-hydrogen) atoms. The fraction of sp³-hybridized carbons (Fsp3) is 0.389. The number of fused-ring (bicyclic) bond motifs is 1. The van der Waals surface area contributed by atoms with Gasteiger partial charge in [0.2, 0.25) is 0 Å². The summed E-state index contributed by atoms with van der Waals surface area (Å²) in [5.41, 5.74) is 10.8. The molecule has 1 aliphatic carbocycles. The molecule has 0 spiro atoms. The fourth-order valence-electron chi connectivity index (χ4n) is 3.14. The van der Waals surface area contributed by atoms with Crippen molar-refractivity contribution in [2.75, 3.05) is 7.11 Å². The highest BCUT2D eigenvalue weighted by atomic mass is 16.5. The first kappa shape index (κ1) is 14.1. The van der Waals surface area contributed by atoms with Gasteiger partial charge in [-0.25, -0.2) is 0 Å². The number of hydrogen-bond acceptors (Lipinski definition) is 3. The average molecular weight is 282 g/mol. The van der Waals surface area contributed by atoms with Crippen LogP contribution in [0.25, 0.3) is 0 Å². The zero-order valence-corrected chi connectivity index (χ0v) is 12.7. The third-order valence-corrected chi connectivity index (χ3v) is 4.43. The Morgan fingerprint density at radius 1 is 1.14 bits per heavy atom. The van der Waals surface area contributed by atoms with Crippen molar-refractivity contribution in [1.82, 2.24) is 4.98 Å². The van der Waals surface area contributed by atoms with Crippen molar-refractivity contribution in [2.24, 2.45) is 5.73 Å². The van der Waals surface area contributed by atoms with E-state index in [0.717, 1.165) is 23.4 Å². The molecule has 0 aliphatic heterocycles. The Kier molecular flexibility index (Phi) is 3.68. The molecule has 0 saturated carbocycles. The fourth-order valence-corrected chi connectivity index (χ4v) is 3.14. The maximum Gasteiger partial charge on any atom is 0.142 e. The lowest BCUT2D eigenvalue weighted by Crippen LogP contribution is -2.36. The van der Waals surface area contributed by atoms with Gasteiger partial charge in [0.15, 0.2) is 0 Å². The number of rotatable bonds is 3. The van der Waals surface area contributed by atoms with Crippen molar-refractivity contribution in [2.45, 2.75) is 38.1 Å². The largest absolute Gasteiger partial charge is 0.495 e. The van der Waals surface area contributed by atoms with Crippen molar-refractivity contribution in [3.8, 4) is 5.75 Å². The van der Waals surface area contributed by atoms with Crippen molar-refractivity contribution >= 4 is 0 Å². The minimum Gasteiger partial charge on any atom is -0.495 e. The van der Waals surface area contributed by atoms with E-state index in [1.165, 1.54) is 30.4 Å². The summed E-state index contributed by atoms with van der Waals surface area (Å²) in [6.45, 7) is 2.00. The van der Waals surface area contributed by atoms with Gasteiger partial charge in [-0.2, -0.15) is 0 Å². The van der Waals surface area contributed by atoms with Crippen LogP contribution in [0.5, 0.6) is 5.75 Å². The van der Waals surface area contributed by atoms with E-state index in [2.05, 4.69) is 23.2 Å². The SMILES string of the molecule is COc1cccnc1C(C)(N)c1ccc2c(c1)CCCC2. The molecule has 0 bridgehead atoms. The van der Waals surface area contributed by atoms with E-state index in [4.69, 9.17) is 10.5 Å². The summed E-state index contributed by atoms with van der Waals surface area (Å²) in [5, 5.41) is 0. The van der Waals surface area contributed by atoms with Crippen molar-refractivity contribution in [3.63, 3.8) is 0 Å². The second-order valence-electron chi connectivity index (χ2n) is 5.95. The minimum absolute atomic E-state index is 0.654. The Hall–Kier alpha value is -1.87. The van der Waals surface area contributed by atoms with E-state index in [9.17, 15) is 0 Å². The first-order valence-corrected chi connectivity index (χ1v) is 7.53. The summed E-state index contributed by atoms with van der Waals surface area (Å²) >= 11 is 0. The van der Waals surface area contributed by atoms with Crippen LogP contribution in [0.3, 0.4) is 0 Å². The molecule has 1 aromatic heterocycles. The van der Waals surface area contributed by atoms with Gasteiger partial charge in [-0.1, -0.05) is 18.2 Å². The van der Waals surface area contributed by atoms with Gasteiger partial charge in [-0.05, 0) is 61.4 Å². The van der Waals surface area contributed by atoms with Gasteiger partial charge in [0, 0.05) is 6.20 Å². The van der Waals surface area contributed by atoms with E-state index in [1.807, 2.05) is 19.1 Å². The van der Waals surface area contributed by atoms with Crippen LogP contribution in [0.2, 0.25) is 0 Å². The van der Waals surface area contributed by atoms with Gasteiger partial charge in [0.1, 0.15) is 11.4 Å². The summed E-state index contributed by atoms with van der Waals surface area (Å²) in [5.74, 6) is 0.736. The molecule has 0 fully saturated rings. The number of ether oxygens (including phenoxy) is 1. The van der Waals surface area contributed by atoms with E-state index in [1.54, 1.807) is 13.3 Å². The van der Waals surface area contributed by atoms with E-state index < -0.39 is 5.54 Å². The van der Waals surface area contributed by atoms with Crippen LogP contribution in [-0.2, 0) is 18.4 Å². The van der Waals surface area contributed by atoms with Crippen LogP contribution in [0, 0.1) is 0 Å². The molecule has 3 rings (SSSR count). The van der Waals surface area contributed by atoms with E-state index in [-0.39, 0.29) is 0 Å². The molecule has 1 atom stereocenters. The normalized spacial score (nSPS) is 16.9. The lowest BCUT2D eigenvalue weighted by atomic mass is 9.83. The standard InChI is InChI=1S/C18H22N2O/c1-18(19,17-16(21-2)8-5-11-20-17)15-10-9-13-6-3-4-7-14(13)12-15/h5,8-12H,3-4,6-7,19H2,1-2H3. The lowest BCUT2D eigenvalue weighted by molar-refractivity contribution is 0.393. The molecule has 0 amide bonds. The van der Waals surface area contributed by atoms with Crippen LogP contribution in [0.1, 0.15) is 42.1 Å². The van der Waals surface area contributed by atoms with Gasteiger partial charge < -0.3 is 10.5 Å². The Bertz CT molecular complexity index is 649. The van der Waals surface area contributed by atoms with Crippen molar-refractivity contribution in [3.05, 3.63) is 58.9 Å². The first-order chi connectivity index (χ1) is 10.1. The van der Waals surface area contributed by atoms with Crippen LogP contribution in [-0.4, -0.2) is 12.1 Å². The van der Waals surface area contributed by atoms with Crippen LogP contribution < -0.4 is 10.5 Å². The first-order valence-electron chi connectivity index (χ1n) is 7.53. The number of nitrogens with two attached hydrogens (primary N) is 1. The van der Waals surface area contributed by atoms with Gasteiger partial charge >= 0.3 is 0 Å². The van der Waals surface area contributed by atoms with Crippen LogP contribution in [0.15, 0.2) is 36.5 Å². The zero-order valence-electron chi connectivity index (χ0n) is 12.7.